The summed E-state index contributed by atoms with van der Waals surface area (Å²) < 4.78 is 11.3. The molecule has 12 heteroatoms. The molecule has 172 valence electrons. The quantitative estimate of drug-likeness (QED) is 0.212. The Hall–Kier alpha value is -4.16. The molecule has 2 aromatic carbocycles. The summed E-state index contributed by atoms with van der Waals surface area (Å²) in [6, 6.07) is 16.6. The smallest absolute Gasteiger partial charge is 0.293 e. The zero-order valence-electron chi connectivity index (χ0n) is 17.7. The summed E-state index contributed by atoms with van der Waals surface area (Å²) >= 11 is 6.40. The summed E-state index contributed by atoms with van der Waals surface area (Å²) in [6.07, 6.45) is 0. The number of ether oxygens (including phenoxy) is 1. The lowest BCUT2D eigenvalue weighted by molar-refractivity contribution is -0.384. The molecule has 34 heavy (non-hydrogen) atoms. The fraction of sp³-hybridized carbons (Fsp3) is 0.0909. The van der Waals surface area contributed by atoms with Gasteiger partial charge in [-0.15, -0.1) is 10.2 Å². The maximum absolute atomic E-state index is 12.5. The molecular formula is C22H17N5O5S2. The third-order valence-corrected chi connectivity index (χ3v) is 5.57. The Labute approximate surface area is 202 Å². The van der Waals surface area contributed by atoms with Crippen LogP contribution in [-0.4, -0.2) is 26.1 Å². The van der Waals surface area contributed by atoms with Gasteiger partial charge in [-0.3, -0.25) is 20.2 Å². The number of benzene rings is 2. The third kappa shape index (κ3) is 5.42. The Morgan fingerprint density at radius 2 is 1.91 bits per heavy atom. The molecule has 0 fully saturated rings. The van der Waals surface area contributed by atoms with Gasteiger partial charge in [0, 0.05) is 6.07 Å². The first-order valence-corrected chi connectivity index (χ1v) is 11.1. The van der Waals surface area contributed by atoms with Gasteiger partial charge in [0.1, 0.15) is 18.1 Å². The van der Waals surface area contributed by atoms with Crippen LogP contribution in [0.5, 0.6) is 5.75 Å². The van der Waals surface area contributed by atoms with Crippen molar-refractivity contribution in [3.63, 3.8) is 0 Å². The minimum Gasteiger partial charge on any atom is -0.486 e. The minimum atomic E-state index is -0.616. The van der Waals surface area contributed by atoms with Crippen LogP contribution in [0.1, 0.15) is 21.1 Å². The van der Waals surface area contributed by atoms with Crippen LogP contribution in [0.15, 0.2) is 65.1 Å². The number of furan rings is 1. The van der Waals surface area contributed by atoms with E-state index >= 15 is 0 Å². The first-order chi connectivity index (χ1) is 16.4. The second-order valence-corrected chi connectivity index (χ2v) is 8.37. The molecule has 2 N–H and O–H groups in total. The number of hydrogen-bond acceptors (Lipinski definition) is 9. The SMILES string of the molecule is Cc1ccccc1OCc1nnc(NC(=S)NC(=O)c2ccc(-c3ccccc3[N+](=O)[O-])o2)s1. The highest BCUT2D eigenvalue weighted by Crippen LogP contribution is 2.30. The first kappa shape index (κ1) is 23.0. The van der Waals surface area contributed by atoms with E-state index in [-0.39, 0.29) is 34.5 Å². The van der Waals surface area contributed by atoms with Gasteiger partial charge in [0.05, 0.1) is 10.5 Å². The molecular weight excluding hydrogens is 478 g/mol. The molecule has 0 saturated heterocycles. The molecule has 10 nitrogen and oxygen atoms in total. The summed E-state index contributed by atoms with van der Waals surface area (Å²) in [4.78, 5) is 23.2. The Balaban J connectivity index is 1.34. The predicted octanol–water partition coefficient (Wildman–Crippen LogP) is 4.72. The summed E-state index contributed by atoms with van der Waals surface area (Å²) in [6.45, 7) is 2.19. The number of aryl methyl sites for hydroxylation is 1. The van der Waals surface area contributed by atoms with Gasteiger partial charge in [0.2, 0.25) is 5.13 Å². The number of thiocarbonyl (C=S) groups is 1. The molecule has 2 aromatic heterocycles. The van der Waals surface area contributed by atoms with E-state index in [9.17, 15) is 14.9 Å². The zero-order valence-corrected chi connectivity index (χ0v) is 19.3. The van der Waals surface area contributed by atoms with Crippen molar-refractivity contribution in [2.75, 3.05) is 5.32 Å². The van der Waals surface area contributed by atoms with Gasteiger partial charge in [-0.2, -0.15) is 0 Å². The number of rotatable bonds is 7. The summed E-state index contributed by atoms with van der Waals surface area (Å²) in [5.41, 5.74) is 1.15. The number of anilines is 1. The zero-order chi connectivity index (χ0) is 24.1. The molecule has 0 saturated carbocycles. The summed E-state index contributed by atoms with van der Waals surface area (Å²) in [5, 5.41) is 25.5. The van der Waals surface area contributed by atoms with Crippen LogP contribution < -0.4 is 15.4 Å². The van der Waals surface area contributed by atoms with Crippen LogP contribution >= 0.6 is 23.6 Å². The van der Waals surface area contributed by atoms with Crippen LogP contribution in [-0.2, 0) is 6.61 Å². The molecule has 0 bridgehead atoms. The maximum atomic E-state index is 12.5. The van der Waals surface area contributed by atoms with Crippen molar-refractivity contribution in [2.45, 2.75) is 13.5 Å². The lowest BCUT2D eigenvalue weighted by Gasteiger charge is -2.06. The van der Waals surface area contributed by atoms with Crippen molar-refractivity contribution in [2.24, 2.45) is 0 Å². The van der Waals surface area contributed by atoms with E-state index in [0.29, 0.717) is 10.1 Å². The van der Waals surface area contributed by atoms with Crippen LogP contribution in [0.2, 0.25) is 0 Å². The molecule has 2 heterocycles. The summed E-state index contributed by atoms with van der Waals surface area (Å²) in [7, 11) is 0. The number of nitro benzene ring substituents is 1. The lowest BCUT2D eigenvalue weighted by atomic mass is 10.1. The average Bonchev–Trinajstić information content (AvgIpc) is 3.48. The van der Waals surface area contributed by atoms with Crippen LogP contribution in [0.3, 0.4) is 0 Å². The number of nitrogens with one attached hydrogen (secondary N) is 2. The topological polar surface area (TPSA) is 132 Å². The highest BCUT2D eigenvalue weighted by atomic mass is 32.1. The molecule has 0 aliphatic rings. The highest BCUT2D eigenvalue weighted by molar-refractivity contribution is 7.80. The Kier molecular flexibility index (Phi) is 6.90. The lowest BCUT2D eigenvalue weighted by Crippen LogP contribution is -2.33. The fourth-order valence-corrected chi connectivity index (χ4v) is 3.87. The second-order valence-electron chi connectivity index (χ2n) is 6.90. The Bertz CT molecular complexity index is 1370. The fourth-order valence-electron chi connectivity index (χ4n) is 2.96. The van der Waals surface area contributed by atoms with E-state index in [1.165, 1.54) is 29.5 Å². The van der Waals surface area contributed by atoms with Gasteiger partial charge in [-0.25, -0.2) is 0 Å². The maximum Gasteiger partial charge on any atom is 0.293 e. The standard InChI is InChI=1S/C22H17N5O5S2/c1-13-6-2-5-9-16(13)31-12-19-25-26-22(34-19)24-21(33)23-20(28)18-11-10-17(32-18)14-7-3-4-8-15(14)27(29)30/h2-11H,12H2,1H3,(H2,23,24,26,28,33). The van der Waals surface area contributed by atoms with Gasteiger partial charge in [0.25, 0.3) is 11.6 Å². The molecule has 1 amide bonds. The van der Waals surface area contributed by atoms with Gasteiger partial charge >= 0.3 is 0 Å². The second kappa shape index (κ2) is 10.2. The van der Waals surface area contributed by atoms with Crippen molar-refractivity contribution in [3.05, 3.63) is 87.1 Å². The number of amides is 1. The molecule has 0 spiro atoms. The van der Waals surface area contributed by atoms with Crippen molar-refractivity contribution in [3.8, 4) is 17.1 Å². The third-order valence-electron chi connectivity index (χ3n) is 4.56. The Morgan fingerprint density at radius 3 is 2.71 bits per heavy atom. The molecule has 4 aromatic rings. The van der Waals surface area contributed by atoms with Crippen molar-refractivity contribution in [1.29, 1.82) is 0 Å². The monoisotopic (exact) mass is 495 g/mol. The number of carbonyl (C=O) groups excluding carboxylic acids is 1. The van der Waals surface area contributed by atoms with Crippen molar-refractivity contribution < 1.29 is 18.9 Å². The number of aromatic nitrogens is 2. The summed E-state index contributed by atoms with van der Waals surface area (Å²) in [5.74, 6) is 0.282. The molecule has 0 unspecified atom stereocenters. The van der Waals surface area contributed by atoms with E-state index in [1.54, 1.807) is 18.2 Å². The minimum absolute atomic E-state index is 0.00355. The van der Waals surface area contributed by atoms with Crippen molar-refractivity contribution in [1.82, 2.24) is 15.5 Å². The number of hydrogen-bond donors (Lipinski definition) is 2. The molecule has 0 aliphatic carbocycles. The number of carbonyl (C=O) groups is 1. The van der Waals surface area contributed by atoms with E-state index in [4.69, 9.17) is 21.4 Å². The largest absolute Gasteiger partial charge is 0.486 e. The van der Waals surface area contributed by atoms with E-state index < -0.39 is 10.8 Å². The predicted molar refractivity (Wildman–Crippen MR) is 130 cm³/mol. The Morgan fingerprint density at radius 1 is 1.15 bits per heavy atom. The normalized spacial score (nSPS) is 10.5. The van der Waals surface area contributed by atoms with Crippen LogP contribution in [0, 0.1) is 17.0 Å². The molecule has 0 radical (unpaired) electrons. The van der Waals surface area contributed by atoms with Crippen LogP contribution in [0.4, 0.5) is 10.8 Å². The van der Waals surface area contributed by atoms with E-state index in [1.807, 2.05) is 31.2 Å². The van der Waals surface area contributed by atoms with E-state index in [0.717, 1.165) is 11.3 Å². The number of para-hydroxylation sites is 2. The van der Waals surface area contributed by atoms with Gasteiger partial charge in [-0.05, 0) is 49.0 Å². The number of nitrogens with zero attached hydrogens (tertiary/aromatic N) is 3. The number of nitro groups is 1. The average molecular weight is 496 g/mol. The first-order valence-electron chi connectivity index (χ1n) is 9.87. The molecule has 4 rings (SSSR count). The highest BCUT2D eigenvalue weighted by Gasteiger charge is 2.20. The van der Waals surface area contributed by atoms with Gasteiger partial charge < -0.3 is 14.5 Å². The van der Waals surface area contributed by atoms with Crippen molar-refractivity contribution >= 4 is 45.4 Å². The molecule has 0 atom stereocenters. The van der Waals surface area contributed by atoms with Crippen LogP contribution in [0.25, 0.3) is 11.3 Å². The molecule has 0 aliphatic heterocycles. The van der Waals surface area contributed by atoms with Gasteiger partial charge in [0.15, 0.2) is 15.9 Å². The van der Waals surface area contributed by atoms with Gasteiger partial charge in [-0.1, -0.05) is 41.7 Å². The van der Waals surface area contributed by atoms with E-state index in [2.05, 4.69) is 20.8 Å².